The molecule has 130 valence electrons. The second kappa shape index (κ2) is 7.06. The van der Waals surface area contributed by atoms with Crippen molar-refractivity contribution in [1.29, 1.82) is 0 Å². The van der Waals surface area contributed by atoms with Crippen LogP contribution in [-0.2, 0) is 22.5 Å². The Labute approximate surface area is 144 Å². The molecule has 0 spiro atoms. The SMILES string of the molecule is O=C(Cc1noc2ccccc12)Nc1cnn(CC2CCOCC2)c1. The molecule has 7 heteroatoms. The predicted molar refractivity (Wildman–Crippen MR) is 92.1 cm³/mol. The molecule has 1 N–H and O–H groups in total. The average Bonchev–Trinajstić information content (AvgIpc) is 3.23. The van der Waals surface area contributed by atoms with Gasteiger partial charge in [0, 0.05) is 31.3 Å². The van der Waals surface area contributed by atoms with Crippen LogP contribution in [0, 0.1) is 5.92 Å². The van der Waals surface area contributed by atoms with E-state index in [1.807, 2.05) is 35.1 Å². The fourth-order valence-corrected chi connectivity index (χ4v) is 3.14. The van der Waals surface area contributed by atoms with Crippen LogP contribution in [0.3, 0.4) is 0 Å². The number of anilines is 1. The fraction of sp³-hybridized carbons (Fsp3) is 0.389. The smallest absolute Gasteiger partial charge is 0.230 e. The summed E-state index contributed by atoms with van der Waals surface area (Å²) in [7, 11) is 0. The van der Waals surface area contributed by atoms with Crippen LogP contribution in [0.15, 0.2) is 41.2 Å². The maximum absolute atomic E-state index is 12.3. The molecular weight excluding hydrogens is 320 g/mol. The van der Waals surface area contributed by atoms with Crippen LogP contribution in [0.1, 0.15) is 18.5 Å². The van der Waals surface area contributed by atoms with Crippen LogP contribution in [-0.4, -0.2) is 34.1 Å². The van der Waals surface area contributed by atoms with E-state index in [-0.39, 0.29) is 12.3 Å². The second-order valence-electron chi connectivity index (χ2n) is 6.36. The molecule has 1 amide bonds. The van der Waals surface area contributed by atoms with Gasteiger partial charge in [0.15, 0.2) is 5.58 Å². The molecule has 25 heavy (non-hydrogen) atoms. The summed E-state index contributed by atoms with van der Waals surface area (Å²) < 4.78 is 12.5. The number of hydrogen-bond acceptors (Lipinski definition) is 5. The van der Waals surface area contributed by atoms with E-state index in [0.717, 1.165) is 38.0 Å². The molecule has 0 bridgehead atoms. The van der Waals surface area contributed by atoms with E-state index in [2.05, 4.69) is 15.6 Å². The minimum absolute atomic E-state index is 0.135. The number of ether oxygens (including phenoxy) is 1. The summed E-state index contributed by atoms with van der Waals surface area (Å²) in [6, 6.07) is 7.52. The minimum Gasteiger partial charge on any atom is -0.381 e. The Morgan fingerprint density at radius 1 is 1.28 bits per heavy atom. The van der Waals surface area contributed by atoms with Crippen LogP contribution >= 0.6 is 0 Å². The Morgan fingerprint density at radius 2 is 2.12 bits per heavy atom. The number of carbonyl (C=O) groups excluding carboxylic acids is 1. The summed E-state index contributed by atoms with van der Waals surface area (Å²) in [5.74, 6) is 0.448. The Kier molecular flexibility index (Phi) is 4.47. The molecule has 0 radical (unpaired) electrons. The third-order valence-electron chi connectivity index (χ3n) is 4.48. The Balaban J connectivity index is 1.36. The third-order valence-corrected chi connectivity index (χ3v) is 4.48. The van der Waals surface area contributed by atoms with Gasteiger partial charge in [0.1, 0.15) is 5.69 Å². The number of aromatic nitrogens is 3. The van der Waals surface area contributed by atoms with Crippen LogP contribution < -0.4 is 5.32 Å². The number of nitrogens with one attached hydrogen (secondary N) is 1. The van der Waals surface area contributed by atoms with Crippen molar-refractivity contribution >= 4 is 22.6 Å². The van der Waals surface area contributed by atoms with Gasteiger partial charge in [-0.1, -0.05) is 17.3 Å². The van der Waals surface area contributed by atoms with E-state index in [9.17, 15) is 4.79 Å². The van der Waals surface area contributed by atoms with Crippen molar-refractivity contribution in [3.05, 3.63) is 42.4 Å². The molecule has 0 aliphatic carbocycles. The highest BCUT2D eigenvalue weighted by Gasteiger charge is 2.16. The number of fused-ring (bicyclic) bond motifs is 1. The van der Waals surface area contributed by atoms with Crippen molar-refractivity contribution in [2.75, 3.05) is 18.5 Å². The number of carbonyl (C=O) groups is 1. The number of rotatable bonds is 5. The first kappa shape index (κ1) is 15.8. The molecule has 7 nitrogen and oxygen atoms in total. The molecule has 3 aromatic rings. The van der Waals surface area contributed by atoms with Gasteiger partial charge in [-0.25, -0.2) is 0 Å². The molecule has 0 unspecified atom stereocenters. The Morgan fingerprint density at radius 3 is 3.00 bits per heavy atom. The lowest BCUT2D eigenvalue weighted by atomic mass is 10.0. The summed E-state index contributed by atoms with van der Waals surface area (Å²) >= 11 is 0. The molecular formula is C18H20N4O3. The largest absolute Gasteiger partial charge is 0.381 e. The van der Waals surface area contributed by atoms with Crippen LogP contribution in [0.25, 0.3) is 11.0 Å². The lowest BCUT2D eigenvalue weighted by molar-refractivity contribution is -0.115. The molecule has 1 aromatic carbocycles. The van der Waals surface area contributed by atoms with Crippen molar-refractivity contribution in [1.82, 2.24) is 14.9 Å². The van der Waals surface area contributed by atoms with E-state index < -0.39 is 0 Å². The summed E-state index contributed by atoms with van der Waals surface area (Å²) in [5, 5.41) is 12.1. The van der Waals surface area contributed by atoms with Gasteiger partial charge in [0.25, 0.3) is 0 Å². The van der Waals surface area contributed by atoms with Crippen LogP contribution in [0.5, 0.6) is 0 Å². The van der Waals surface area contributed by atoms with Gasteiger partial charge in [-0.2, -0.15) is 5.10 Å². The Hall–Kier alpha value is -2.67. The highest BCUT2D eigenvalue weighted by atomic mass is 16.5. The van der Waals surface area contributed by atoms with Gasteiger partial charge in [-0.15, -0.1) is 0 Å². The molecule has 1 saturated heterocycles. The monoisotopic (exact) mass is 340 g/mol. The van der Waals surface area contributed by atoms with Gasteiger partial charge in [0.2, 0.25) is 5.91 Å². The maximum atomic E-state index is 12.3. The molecule has 3 heterocycles. The topological polar surface area (TPSA) is 82.2 Å². The highest BCUT2D eigenvalue weighted by molar-refractivity contribution is 5.94. The van der Waals surface area contributed by atoms with Crippen molar-refractivity contribution in [3.63, 3.8) is 0 Å². The molecule has 1 fully saturated rings. The quantitative estimate of drug-likeness (QED) is 0.772. The fourth-order valence-electron chi connectivity index (χ4n) is 3.14. The first-order chi connectivity index (χ1) is 12.3. The number of para-hydroxylation sites is 1. The van der Waals surface area contributed by atoms with E-state index in [0.29, 0.717) is 22.9 Å². The van der Waals surface area contributed by atoms with Crippen molar-refractivity contribution in [3.8, 4) is 0 Å². The lowest BCUT2D eigenvalue weighted by Crippen LogP contribution is -2.20. The predicted octanol–water partition coefficient (Wildman–Crippen LogP) is 2.63. The summed E-state index contributed by atoms with van der Waals surface area (Å²) in [6.07, 6.45) is 5.83. The van der Waals surface area contributed by atoms with E-state index in [1.165, 1.54) is 0 Å². The van der Waals surface area contributed by atoms with E-state index in [4.69, 9.17) is 9.26 Å². The molecule has 2 aromatic heterocycles. The number of hydrogen-bond donors (Lipinski definition) is 1. The first-order valence-electron chi connectivity index (χ1n) is 8.51. The number of amides is 1. The molecule has 1 aliphatic rings. The second-order valence-corrected chi connectivity index (χ2v) is 6.36. The van der Waals surface area contributed by atoms with Gasteiger partial charge in [-0.3, -0.25) is 9.48 Å². The summed E-state index contributed by atoms with van der Waals surface area (Å²) in [6.45, 7) is 2.50. The van der Waals surface area contributed by atoms with Crippen molar-refractivity contribution in [2.24, 2.45) is 5.92 Å². The standard InChI is InChI=1S/C18H20N4O3/c23-18(9-16-15-3-1-2-4-17(15)25-21-16)20-14-10-19-22(12-14)11-13-5-7-24-8-6-13/h1-4,10,12-13H,5-9,11H2,(H,20,23). The third kappa shape index (κ3) is 3.71. The van der Waals surface area contributed by atoms with Gasteiger partial charge in [0.05, 0.1) is 18.3 Å². The highest BCUT2D eigenvalue weighted by Crippen LogP contribution is 2.19. The zero-order valence-electron chi connectivity index (χ0n) is 13.9. The lowest BCUT2D eigenvalue weighted by Gasteiger charge is -2.21. The summed E-state index contributed by atoms with van der Waals surface area (Å²) in [5.41, 5.74) is 2.03. The molecule has 0 atom stereocenters. The van der Waals surface area contributed by atoms with Gasteiger partial charge < -0.3 is 14.6 Å². The van der Waals surface area contributed by atoms with Gasteiger partial charge >= 0.3 is 0 Å². The van der Waals surface area contributed by atoms with Gasteiger partial charge in [-0.05, 0) is 30.9 Å². The Bertz CT molecular complexity index is 864. The van der Waals surface area contributed by atoms with E-state index >= 15 is 0 Å². The zero-order chi connectivity index (χ0) is 17.1. The van der Waals surface area contributed by atoms with Crippen molar-refractivity contribution < 1.29 is 14.1 Å². The minimum atomic E-state index is -0.135. The zero-order valence-corrected chi connectivity index (χ0v) is 13.9. The van der Waals surface area contributed by atoms with Crippen molar-refractivity contribution in [2.45, 2.75) is 25.8 Å². The molecule has 0 saturated carbocycles. The maximum Gasteiger partial charge on any atom is 0.230 e. The number of benzene rings is 1. The van der Waals surface area contributed by atoms with Crippen LogP contribution in [0.4, 0.5) is 5.69 Å². The average molecular weight is 340 g/mol. The number of nitrogens with zero attached hydrogens (tertiary/aromatic N) is 3. The van der Waals surface area contributed by atoms with Crippen LogP contribution in [0.2, 0.25) is 0 Å². The normalized spacial score (nSPS) is 15.5. The summed E-state index contributed by atoms with van der Waals surface area (Å²) in [4.78, 5) is 12.3. The molecule has 1 aliphatic heterocycles. The molecule has 4 rings (SSSR count). The van der Waals surface area contributed by atoms with E-state index in [1.54, 1.807) is 6.20 Å². The first-order valence-corrected chi connectivity index (χ1v) is 8.51.